The van der Waals surface area contributed by atoms with Gasteiger partial charge in [-0.25, -0.2) is 4.98 Å². The van der Waals surface area contributed by atoms with Crippen LogP contribution < -0.4 is 5.32 Å². The fourth-order valence-electron chi connectivity index (χ4n) is 2.37. The Balaban J connectivity index is 2.04. The minimum Gasteiger partial charge on any atom is -0.311 e. The van der Waals surface area contributed by atoms with E-state index >= 15 is 0 Å². The SMILES string of the molecule is CC1CNC(C(C)(C)C)CN1Cc1ncnn1C. The molecule has 1 aliphatic rings. The summed E-state index contributed by atoms with van der Waals surface area (Å²) < 4.78 is 1.86. The molecule has 2 heterocycles. The van der Waals surface area contributed by atoms with Crippen LogP contribution in [-0.2, 0) is 13.6 Å². The van der Waals surface area contributed by atoms with Gasteiger partial charge < -0.3 is 5.32 Å². The highest BCUT2D eigenvalue weighted by Crippen LogP contribution is 2.24. The van der Waals surface area contributed by atoms with E-state index < -0.39 is 0 Å². The van der Waals surface area contributed by atoms with Crippen LogP contribution >= 0.6 is 0 Å². The maximum absolute atomic E-state index is 4.32. The number of aryl methyl sites for hydroxylation is 1. The summed E-state index contributed by atoms with van der Waals surface area (Å²) in [6.45, 7) is 12.1. The number of nitrogens with one attached hydrogen (secondary N) is 1. The van der Waals surface area contributed by atoms with Gasteiger partial charge in [-0.15, -0.1) is 0 Å². The molecule has 1 aromatic heterocycles. The van der Waals surface area contributed by atoms with Crippen molar-refractivity contribution in [2.24, 2.45) is 12.5 Å². The summed E-state index contributed by atoms with van der Waals surface area (Å²) in [5.74, 6) is 1.04. The van der Waals surface area contributed by atoms with E-state index in [1.54, 1.807) is 6.33 Å². The lowest BCUT2D eigenvalue weighted by Crippen LogP contribution is -2.59. The zero-order chi connectivity index (χ0) is 13.3. The Kier molecular flexibility index (Phi) is 3.73. The smallest absolute Gasteiger partial charge is 0.140 e. The summed E-state index contributed by atoms with van der Waals surface area (Å²) in [5.41, 5.74) is 0.290. The number of aromatic nitrogens is 3. The van der Waals surface area contributed by atoms with E-state index in [1.165, 1.54) is 0 Å². The Morgan fingerprint density at radius 3 is 2.72 bits per heavy atom. The third-order valence-electron chi connectivity index (χ3n) is 3.90. The molecular weight excluding hydrogens is 226 g/mol. The first kappa shape index (κ1) is 13.5. The Morgan fingerprint density at radius 2 is 2.17 bits per heavy atom. The van der Waals surface area contributed by atoms with E-state index in [0.717, 1.165) is 25.5 Å². The minimum absolute atomic E-state index is 0.290. The molecule has 0 aromatic carbocycles. The predicted molar refractivity (Wildman–Crippen MR) is 72.1 cm³/mol. The third kappa shape index (κ3) is 2.90. The van der Waals surface area contributed by atoms with Crippen molar-refractivity contribution in [2.45, 2.75) is 46.3 Å². The van der Waals surface area contributed by atoms with Crippen molar-refractivity contribution in [3.63, 3.8) is 0 Å². The van der Waals surface area contributed by atoms with Gasteiger partial charge in [0.2, 0.25) is 0 Å². The lowest BCUT2D eigenvalue weighted by Gasteiger charge is -2.43. The average molecular weight is 251 g/mol. The number of hydrogen-bond donors (Lipinski definition) is 1. The number of hydrogen-bond acceptors (Lipinski definition) is 4. The molecule has 5 nitrogen and oxygen atoms in total. The van der Waals surface area contributed by atoms with Gasteiger partial charge in [0.25, 0.3) is 0 Å². The second-order valence-electron chi connectivity index (χ2n) is 6.41. The van der Waals surface area contributed by atoms with E-state index in [1.807, 2.05) is 11.7 Å². The molecule has 1 fully saturated rings. The first-order chi connectivity index (χ1) is 8.38. The zero-order valence-electron chi connectivity index (χ0n) is 12.1. The average Bonchev–Trinajstić information content (AvgIpc) is 2.66. The Labute approximate surface area is 110 Å². The largest absolute Gasteiger partial charge is 0.311 e. The van der Waals surface area contributed by atoms with E-state index in [-0.39, 0.29) is 5.41 Å². The fourth-order valence-corrected chi connectivity index (χ4v) is 2.37. The van der Waals surface area contributed by atoms with Gasteiger partial charge in [0, 0.05) is 32.2 Å². The van der Waals surface area contributed by atoms with Crippen LogP contribution in [0, 0.1) is 5.41 Å². The summed E-state index contributed by atoms with van der Waals surface area (Å²) >= 11 is 0. The van der Waals surface area contributed by atoms with Gasteiger partial charge >= 0.3 is 0 Å². The standard InChI is InChI=1S/C13H25N5/c1-10-6-14-11(13(2,3)4)7-18(10)8-12-15-9-16-17(12)5/h9-11,14H,6-8H2,1-5H3. The number of rotatable bonds is 2. The highest BCUT2D eigenvalue weighted by molar-refractivity contribution is 4.93. The van der Waals surface area contributed by atoms with Crippen LogP contribution in [0.25, 0.3) is 0 Å². The van der Waals surface area contributed by atoms with E-state index in [2.05, 4.69) is 48.0 Å². The highest BCUT2D eigenvalue weighted by atomic mass is 15.3. The Hall–Kier alpha value is -0.940. The summed E-state index contributed by atoms with van der Waals surface area (Å²) in [6, 6.07) is 1.07. The van der Waals surface area contributed by atoms with Crippen molar-refractivity contribution in [1.82, 2.24) is 25.0 Å². The lowest BCUT2D eigenvalue weighted by atomic mass is 9.85. The minimum atomic E-state index is 0.290. The quantitative estimate of drug-likeness (QED) is 0.852. The number of nitrogens with zero attached hydrogens (tertiary/aromatic N) is 4. The molecule has 1 aromatic rings. The van der Waals surface area contributed by atoms with E-state index in [9.17, 15) is 0 Å². The van der Waals surface area contributed by atoms with Gasteiger partial charge in [-0.1, -0.05) is 20.8 Å². The van der Waals surface area contributed by atoms with Gasteiger partial charge in [0.15, 0.2) is 0 Å². The summed E-state index contributed by atoms with van der Waals surface area (Å²) in [4.78, 5) is 6.82. The van der Waals surface area contributed by atoms with E-state index in [4.69, 9.17) is 0 Å². The molecule has 1 saturated heterocycles. The van der Waals surface area contributed by atoms with Crippen LogP contribution in [0.5, 0.6) is 0 Å². The van der Waals surface area contributed by atoms with Crippen molar-refractivity contribution < 1.29 is 0 Å². The molecule has 2 unspecified atom stereocenters. The molecule has 0 radical (unpaired) electrons. The molecule has 1 N–H and O–H groups in total. The Bertz CT molecular complexity index is 392. The van der Waals surface area contributed by atoms with Gasteiger partial charge in [0.1, 0.15) is 12.2 Å². The second kappa shape index (κ2) is 4.97. The highest BCUT2D eigenvalue weighted by Gasteiger charge is 2.32. The van der Waals surface area contributed by atoms with Gasteiger partial charge in [-0.3, -0.25) is 9.58 Å². The molecule has 0 spiro atoms. The molecule has 2 rings (SSSR count). The monoisotopic (exact) mass is 251 g/mol. The topological polar surface area (TPSA) is 46.0 Å². The number of piperazine rings is 1. The van der Waals surface area contributed by atoms with Crippen molar-refractivity contribution in [2.75, 3.05) is 13.1 Å². The molecular formula is C13H25N5. The normalized spacial score (nSPS) is 26.5. The molecule has 0 saturated carbocycles. The van der Waals surface area contributed by atoms with Gasteiger partial charge in [-0.2, -0.15) is 5.10 Å². The molecule has 102 valence electrons. The fraction of sp³-hybridized carbons (Fsp3) is 0.846. The Morgan fingerprint density at radius 1 is 1.44 bits per heavy atom. The molecule has 1 aliphatic heterocycles. The maximum Gasteiger partial charge on any atom is 0.140 e. The van der Waals surface area contributed by atoms with Crippen LogP contribution in [0.15, 0.2) is 6.33 Å². The molecule has 5 heteroatoms. The molecule has 18 heavy (non-hydrogen) atoms. The summed E-state index contributed by atoms with van der Waals surface area (Å²) in [5, 5.41) is 7.79. The lowest BCUT2D eigenvalue weighted by molar-refractivity contribution is 0.0846. The van der Waals surface area contributed by atoms with Gasteiger partial charge in [-0.05, 0) is 12.3 Å². The van der Waals surface area contributed by atoms with Crippen LogP contribution in [0.4, 0.5) is 0 Å². The second-order valence-corrected chi connectivity index (χ2v) is 6.41. The van der Waals surface area contributed by atoms with Crippen molar-refractivity contribution in [1.29, 1.82) is 0 Å². The van der Waals surface area contributed by atoms with Crippen LogP contribution in [0.2, 0.25) is 0 Å². The van der Waals surface area contributed by atoms with Crippen LogP contribution in [0.3, 0.4) is 0 Å². The molecule has 0 amide bonds. The molecule has 2 atom stereocenters. The first-order valence-electron chi connectivity index (χ1n) is 6.68. The van der Waals surface area contributed by atoms with Crippen LogP contribution in [-0.4, -0.2) is 44.8 Å². The maximum atomic E-state index is 4.32. The summed E-state index contributed by atoms with van der Waals surface area (Å²) in [7, 11) is 1.95. The summed E-state index contributed by atoms with van der Waals surface area (Å²) in [6.07, 6.45) is 1.63. The van der Waals surface area contributed by atoms with E-state index in [0.29, 0.717) is 12.1 Å². The van der Waals surface area contributed by atoms with Gasteiger partial charge in [0.05, 0.1) is 6.54 Å². The van der Waals surface area contributed by atoms with Crippen molar-refractivity contribution in [3.05, 3.63) is 12.2 Å². The predicted octanol–water partition coefficient (Wildman–Crippen LogP) is 1.02. The van der Waals surface area contributed by atoms with Crippen molar-refractivity contribution >= 4 is 0 Å². The van der Waals surface area contributed by atoms with Crippen molar-refractivity contribution in [3.8, 4) is 0 Å². The molecule has 0 aliphatic carbocycles. The zero-order valence-corrected chi connectivity index (χ0v) is 12.1. The van der Waals surface area contributed by atoms with Crippen LogP contribution in [0.1, 0.15) is 33.5 Å². The first-order valence-corrected chi connectivity index (χ1v) is 6.68. The molecule has 0 bridgehead atoms. The third-order valence-corrected chi connectivity index (χ3v) is 3.90.